The highest BCUT2D eigenvalue weighted by molar-refractivity contribution is 6.06. The molecule has 4 aromatic rings. The molecule has 0 bridgehead atoms. The number of benzene rings is 2. The summed E-state index contributed by atoms with van der Waals surface area (Å²) in [6.07, 6.45) is 5.81. The molecule has 1 saturated carbocycles. The second-order valence-electron chi connectivity index (χ2n) is 9.56. The highest BCUT2D eigenvalue weighted by atomic mass is 19.1. The number of pyridine rings is 1. The Morgan fingerprint density at radius 3 is 2.71 bits per heavy atom. The molecule has 6 heteroatoms. The summed E-state index contributed by atoms with van der Waals surface area (Å²) in [6, 6.07) is 16.6. The summed E-state index contributed by atoms with van der Waals surface area (Å²) in [5, 5.41) is 14.3. The molecule has 1 aliphatic rings. The number of carbonyl (C=O) groups excluding carboxylic acids is 1. The van der Waals surface area contributed by atoms with Crippen molar-refractivity contribution in [1.29, 1.82) is 0 Å². The summed E-state index contributed by atoms with van der Waals surface area (Å²) in [5.74, 6) is 0.0569. The lowest BCUT2D eigenvalue weighted by atomic mass is 9.79. The lowest BCUT2D eigenvalue weighted by Gasteiger charge is -2.32. The first-order chi connectivity index (χ1) is 16.5. The number of nitrogens with one attached hydrogen (secondary N) is 1. The average molecular weight is 460 g/mol. The molecular weight excluding hydrogens is 429 g/mol. The number of halogens is 1. The number of rotatable bonds is 6. The third-order valence-electron chi connectivity index (χ3n) is 7.27. The van der Waals surface area contributed by atoms with Crippen molar-refractivity contribution in [3.05, 3.63) is 77.9 Å². The third-order valence-corrected chi connectivity index (χ3v) is 7.27. The van der Waals surface area contributed by atoms with Crippen LogP contribution in [0.4, 0.5) is 4.39 Å². The van der Waals surface area contributed by atoms with Gasteiger partial charge in [0.15, 0.2) is 0 Å². The summed E-state index contributed by atoms with van der Waals surface area (Å²) in [7, 11) is 0. The smallest absolute Gasteiger partial charge is 0.253 e. The van der Waals surface area contributed by atoms with E-state index in [1.165, 1.54) is 12.1 Å². The van der Waals surface area contributed by atoms with Crippen LogP contribution in [-0.2, 0) is 6.54 Å². The molecule has 0 saturated heterocycles. The van der Waals surface area contributed by atoms with Crippen LogP contribution in [0.3, 0.4) is 0 Å². The van der Waals surface area contributed by atoms with E-state index in [-0.39, 0.29) is 18.6 Å². The number of aromatic nitrogens is 2. The molecule has 176 valence electrons. The maximum Gasteiger partial charge on any atom is 0.253 e. The fraction of sp³-hybridized carbons (Fsp3) is 0.357. The van der Waals surface area contributed by atoms with Crippen molar-refractivity contribution in [3.8, 4) is 0 Å². The Balaban J connectivity index is 1.40. The summed E-state index contributed by atoms with van der Waals surface area (Å²) < 4.78 is 16.4. The van der Waals surface area contributed by atoms with E-state index in [4.69, 9.17) is 4.98 Å². The normalized spacial score (nSPS) is 19.4. The lowest BCUT2D eigenvalue weighted by Crippen LogP contribution is -2.40. The van der Waals surface area contributed by atoms with Gasteiger partial charge in [-0.05, 0) is 74.8 Å². The topological polar surface area (TPSA) is 67.2 Å². The van der Waals surface area contributed by atoms with Crippen LogP contribution < -0.4 is 5.32 Å². The summed E-state index contributed by atoms with van der Waals surface area (Å²) in [4.78, 5) is 18.1. The van der Waals surface area contributed by atoms with E-state index in [2.05, 4.69) is 5.32 Å². The van der Waals surface area contributed by atoms with Gasteiger partial charge < -0.3 is 15.0 Å². The number of hydrogen-bond donors (Lipinski definition) is 2. The van der Waals surface area contributed by atoms with Gasteiger partial charge in [0.1, 0.15) is 5.82 Å². The van der Waals surface area contributed by atoms with Gasteiger partial charge in [-0.3, -0.25) is 9.78 Å². The third kappa shape index (κ3) is 4.55. The number of carbonyl (C=O) groups is 1. The quantitative estimate of drug-likeness (QED) is 0.412. The van der Waals surface area contributed by atoms with Gasteiger partial charge >= 0.3 is 0 Å². The van der Waals surface area contributed by atoms with Gasteiger partial charge in [0.05, 0.1) is 28.8 Å². The molecule has 1 atom stereocenters. The van der Waals surface area contributed by atoms with Gasteiger partial charge in [-0.1, -0.05) is 24.3 Å². The largest absolute Gasteiger partial charge is 0.396 e. The Labute approximate surface area is 198 Å². The van der Waals surface area contributed by atoms with Crippen molar-refractivity contribution >= 4 is 27.7 Å². The number of hydrogen-bond acceptors (Lipinski definition) is 3. The molecule has 34 heavy (non-hydrogen) atoms. The molecule has 2 heterocycles. The number of para-hydroxylation sites is 1. The van der Waals surface area contributed by atoms with Crippen LogP contribution in [0.15, 0.2) is 60.8 Å². The van der Waals surface area contributed by atoms with Crippen LogP contribution in [0.5, 0.6) is 0 Å². The van der Waals surface area contributed by atoms with E-state index in [9.17, 15) is 14.3 Å². The Morgan fingerprint density at radius 2 is 1.91 bits per heavy atom. The zero-order valence-electron chi connectivity index (χ0n) is 19.4. The van der Waals surface area contributed by atoms with Crippen LogP contribution in [0.2, 0.25) is 0 Å². The zero-order chi connectivity index (χ0) is 23.7. The highest BCUT2D eigenvalue weighted by Gasteiger charge is 2.27. The maximum absolute atomic E-state index is 14.4. The lowest BCUT2D eigenvalue weighted by molar-refractivity contribution is 0.0906. The Bertz CT molecular complexity index is 1320. The summed E-state index contributed by atoms with van der Waals surface area (Å²) in [6.45, 7) is 2.75. The van der Waals surface area contributed by atoms with E-state index < -0.39 is 5.82 Å². The Kier molecular flexibility index (Phi) is 6.33. The Morgan fingerprint density at radius 1 is 1.12 bits per heavy atom. The SMILES string of the molecule is CC(NC(=O)c1cc(F)cc2ccn(Cc3ccc4ccccc4n3)c12)C1CCC(CO)CC1. The monoisotopic (exact) mass is 459 g/mol. The minimum atomic E-state index is -0.421. The molecule has 5 rings (SSSR count). The van der Waals surface area contributed by atoms with Gasteiger partial charge in [0, 0.05) is 29.6 Å². The second-order valence-corrected chi connectivity index (χ2v) is 9.56. The highest BCUT2D eigenvalue weighted by Crippen LogP contribution is 2.31. The van der Waals surface area contributed by atoms with Crippen molar-refractivity contribution in [2.45, 2.75) is 45.2 Å². The number of aliphatic hydroxyl groups excluding tert-OH is 1. The maximum atomic E-state index is 14.4. The van der Waals surface area contributed by atoms with Crippen LogP contribution in [-0.4, -0.2) is 33.2 Å². The van der Waals surface area contributed by atoms with Crippen molar-refractivity contribution in [2.75, 3.05) is 6.61 Å². The second kappa shape index (κ2) is 9.55. The van der Waals surface area contributed by atoms with Gasteiger partial charge in [-0.2, -0.15) is 0 Å². The molecule has 1 unspecified atom stereocenters. The van der Waals surface area contributed by atoms with Crippen molar-refractivity contribution in [1.82, 2.24) is 14.9 Å². The number of aliphatic hydroxyl groups is 1. The van der Waals surface area contributed by atoms with E-state index in [0.29, 0.717) is 34.8 Å². The molecule has 5 nitrogen and oxygen atoms in total. The minimum absolute atomic E-state index is 0.0176. The summed E-state index contributed by atoms with van der Waals surface area (Å²) >= 11 is 0. The molecule has 2 N–H and O–H groups in total. The Hall–Kier alpha value is -3.25. The van der Waals surface area contributed by atoms with Gasteiger partial charge in [-0.25, -0.2) is 4.39 Å². The molecule has 1 aliphatic carbocycles. The number of amides is 1. The predicted octanol–water partition coefficient (Wildman–Crippen LogP) is 5.29. The number of nitrogens with zero attached hydrogens (tertiary/aromatic N) is 2. The van der Waals surface area contributed by atoms with E-state index in [1.54, 1.807) is 0 Å². The summed E-state index contributed by atoms with van der Waals surface area (Å²) in [5.41, 5.74) is 2.85. The average Bonchev–Trinajstić information content (AvgIpc) is 3.25. The fourth-order valence-electron chi connectivity index (χ4n) is 5.26. The van der Waals surface area contributed by atoms with Crippen LogP contribution in [0.25, 0.3) is 21.8 Å². The zero-order valence-corrected chi connectivity index (χ0v) is 19.4. The van der Waals surface area contributed by atoms with Crippen molar-refractivity contribution < 1.29 is 14.3 Å². The van der Waals surface area contributed by atoms with E-state index in [1.807, 2.05) is 60.2 Å². The van der Waals surface area contributed by atoms with Crippen LogP contribution in [0, 0.1) is 17.7 Å². The van der Waals surface area contributed by atoms with Crippen LogP contribution in [0.1, 0.15) is 48.7 Å². The molecule has 0 aliphatic heterocycles. The van der Waals surface area contributed by atoms with Crippen molar-refractivity contribution in [2.24, 2.45) is 11.8 Å². The first-order valence-corrected chi connectivity index (χ1v) is 12.1. The predicted molar refractivity (Wildman–Crippen MR) is 132 cm³/mol. The van der Waals surface area contributed by atoms with Gasteiger partial charge in [-0.15, -0.1) is 0 Å². The molecule has 1 fully saturated rings. The molecule has 2 aromatic carbocycles. The van der Waals surface area contributed by atoms with Crippen LogP contribution >= 0.6 is 0 Å². The minimum Gasteiger partial charge on any atom is -0.396 e. The molecule has 0 spiro atoms. The van der Waals surface area contributed by atoms with E-state index >= 15 is 0 Å². The molecule has 0 radical (unpaired) electrons. The molecule has 2 aromatic heterocycles. The van der Waals surface area contributed by atoms with Gasteiger partial charge in [0.2, 0.25) is 0 Å². The first kappa shape index (κ1) is 22.5. The van der Waals surface area contributed by atoms with Crippen molar-refractivity contribution in [3.63, 3.8) is 0 Å². The first-order valence-electron chi connectivity index (χ1n) is 12.1. The fourth-order valence-corrected chi connectivity index (χ4v) is 5.26. The molecular formula is C28H30FN3O2. The molecule has 1 amide bonds. The van der Waals surface area contributed by atoms with E-state index in [0.717, 1.165) is 42.3 Å². The van der Waals surface area contributed by atoms with Gasteiger partial charge in [0.25, 0.3) is 5.91 Å². The standard InChI is InChI=1S/C28H30FN3O2/c1-18(20-8-6-19(17-33)7-9-20)30-28(34)25-15-23(29)14-22-12-13-32(27(22)25)16-24-11-10-21-4-2-3-5-26(21)31-24/h2-5,10-15,18-20,33H,6-9,16-17H2,1H3,(H,30,34). The number of fused-ring (bicyclic) bond motifs is 2.